The Bertz CT molecular complexity index is 289. The molecule has 0 aliphatic carbocycles. The standard InChI is InChI=1S/C26H58P2.BrH/c1-5-9-12-15-18-21-24-28(27,8-4,25-22-19-16-13-10-6-2)26-23-20-17-14-11-7-3;/h5-27H2,1-4H3;1H. The summed E-state index contributed by atoms with van der Waals surface area (Å²) < 4.78 is 0. The molecule has 0 heterocycles. The van der Waals surface area contributed by atoms with Crippen molar-refractivity contribution in [3.8, 4) is 0 Å². The summed E-state index contributed by atoms with van der Waals surface area (Å²) >= 11 is 0. The van der Waals surface area contributed by atoms with Gasteiger partial charge < -0.3 is 0 Å². The van der Waals surface area contributed by atoms with Crippen molar-refractivity contribution in [2.75, 3.05) is 24.6 Å². The molecule has 0 bridgehead atoms. The second kappa shape index (κ2) is 21.2. The molecule has 0 nitrogen and oxygen atoms in total. The fraction of sp³-hybridized carbons (Fsp3) is 1.00. The molecule has 0 aromatic carbocycles. The molecule has 0 amide bonds. The average molecular weight is 514 g/mol. The first kappa shape index (κ1) is 32.5. The molecule has 0 aromatic rings. The van der Waals surface area contributed by atoms with Gasteiger partial charge in [0.25, 0.3) is 0 Å². The maximum atomic E-state index is 3.60. The SMILES string of the molecule is Br.CCCCCCCCP(P)(CC)(CCCCCCCC)CCCCCCCC. The normalized spacial score (nSPS) is 13.1. The molecular weight excluding hydrogens is 454 g/mol. The predicted molar refractivity (Wildman–Crippen MR) is 152 cm³/mol. The Morgan fingerprint density at radius 2 is 0.655 bits per heavy atom. The number of hydrogen-bond donors (Lipinski definition) is 0. The predicted octanol–water partition coefficient (Wildman–Crippen LogP) is 11.0. The van der Waals surface area contributed by atoms with Crippen LogP contribution in [0.2, 0.25) is 0 Å². The van der Waals surface area contributed by atoms with Crippen molar-refractivity contribution < 1.29 is 0 Å². The third-order valence-corrected chi connectivity index (χ3v) is 16.9. The van der Waals surface area contributed by atoms with E-state index < -0.39 is 6.29 Å². The number of halogens is 1. The second-order valence-electron chi connectivity index (χ2n) is 9.86. The minimum absolute atomic E-state index is 0. The van der Waals surface area contributed by atoms with Crippen molar-refractivity contribution in [1.82, 2.24) is 0 Å². The van der Waals surface area contributed by atoms with Crippen LogP contribution >= 0.6 is 32.2 Å². The molecule has 1 unspecified atom stereocenters. The van der Waals surface area contributed by atoms with Gasteiger partial charge in [0, 0.05) is 0 Å². The van der Waals surface area contributed by atoms with Gasteiger partial charge >= 0.3 is 183 Å². The van der Waals surface area contributed by atoms with Crippen LogP contribution in [0.5, 0.6) is 0 Å². The summed E-state index contributed by atoms with van der Waals surface area (Å²) in [7, 11) is 3.60. The van der Waals surface area contributed by atoms with Crippen molar-refractivity contribution in [2.24, 2.45) is 0 Å². The van der Waals surface area contributed by atoms with Crippen LogP contribution in [0.4, 0.5) is 0 Å². The number of rotatable bonds is 22. The van der Waals surface area contributed by atoms with Gasteiger partial charge in [0.2, 0.25) is 0 Å². The van der Waals surface area contributed by atoms with Gasteiger partial charge in [-0.1, -0.05) is 0 Å². The van der Waals surface area contributed by atoms with Crippen molar-refractivity contribution in [2.45, 2.75) is 143 Å². The van der Waals surface area contributed by atoms with E-state index in [1.54, 1.807) is 18.5 Å². The zero-order chi connectivity index (χ0) is 21.0. The zero-order valence-corrected chi connectivity index (χ0v) is 24.8. The van der Waals surface area contributed by atoms with E-state index in [4.69, 9.17) is 0 Å². The third-order valence-electron chi connectivity index (χ3n) is 7.20. The van der Waals surface area contributed by atoms with Crippen LogP contribution < -0.4 is 0 Å². The Labute approximate surface area is 199 Å². The van der Waals surface area contributed by atoms with Gasteiger partial charge in [-0.25, -0.2) is 0 Å². The first-order valence-electron chi connectivity index (χ1n) is 13.4. The van der Waals surface area contributed by atoms with Crippen molar-refractivity contribution in [3.05, 3.63) is 0 Å². The first-order chi connectivity index (χ1) is 13.5. The van der Waals surface area contributed by atoms with Crippen LogP contribution in [0.25, 0.3) is 0 Å². The molecule has 0 aliphatic rings. The first-order valence-corrected chi connectivity index (χ1v) is 17.9. The van der Waals surface area contributed by atoms with Crippen LogP contribution in [-0.4, -0.2) is 24.6 Å². The maximum absolute atomic E-state index is 3.60. The van der Waals surface area contributed by atoms with E-state index in [2.05, 4.69) is 36.6 Å². The van der Waals surface area contributed by atoms with Gasteiger partial charge in [0.15, 0.2) is 0 Å². The van der Waals surface area contributed by atoms with E-state index >= 15 is 0 Å². The van der Waals surface area contributed by atoms with Gasteiger partial charge in [-0.05, 0) is 0 Å². The molecule has 0 radical (unpaired) electrons. The average Bonchev–Trinajstić information content (AvgIpc) is 2.70. The van der Waals surface area contributed by atoms with Crippen molar-refractivity contribution >= 4 is 32.2 Å². The number of unbranched alkanes of at least 4 members (excludes halogenated alkanes) is 15. The van der Waals surface area contributed by atoms with Gasteiger partial charge in [0.1, 0.15) is 0 Å². The Balaban J connectivity index is 0. The van der Waals surface area contributed by atoms with Crippen LogP contribution in [-0.2, 0) is 0 Å². The number of hydrogen-bond acceptors (Lipinski definition) is 0. The molecule has 180 valence electrons. The second-order valence-corrected chi connectivity index (χ2v) is 20.4. The summed E-state index contributed by atoms with van der Waals surface area (Å²) in [6.45, 7) is 9.52. The van der Waals surface area contributed by atoms with E-state index in [1.807, 2.05) is 0 Å². The van der Waals surface area contributed by atoms with Gasteiger partial charge in [-0.3, -0.25) is 0 Å². The Morgan fingerprint density at radius 3 is 0.897 bits per heavy atom. The quantitative estimate of drug-likeness (QED) is 0.0997. The van der Waals surface area contributed by atoms with Crippen LogP contribution in [0.15, 0.2) is 0 Å². The zero-order valence-electron chi connectivity index (χ0n) is 21.0. The van der Waals surface area contributed by atoms with Crippen LogP contribution in [0.3, 0.4) is 0 Å². The summed E-state index contributed by atoms with van der Waals surface area (Å²) in [5.74, 6) is 0. The van der Waals surface area contributed by atoms with E-state index in [-0.39, 0.29) is 17.0 Å². The van der Waals surface area contributed by atoms with E-state index in [0.29, 0.717) is 0 Å². The Morgan fingerprint density at radius 1 is 0.414 bits per heavy atom. The van der Waals surface area contributed by atoms with Gasteiger partial charge in [-0.15, -0.1) is 17.0 Å². The Kier molecular flexibility index (Phi) is 23.8. The molecule has 0 aromatic heterocycles. The van der Waals surface area contributed by atoms with Crippen LogP contribution in [0.1, 0.15) is 143 Å². The van der Waals surface area contributed by atoms with E-state index in [0.717, 1.165) is 0 Å². The fourth-order valence-corrected chi connectivity index (χ4v) is 11.3. The third kappa shape index (κ3) is 17.6. The molecule has 0 rings (SSSR count). The van der Waals surface area contributed by atoms with E-state index in [1.165, 1.54) is 122 Å². The molecule has 0 fully saturated rings. The van der Waals surface area contributed by atoms with Crippen LogP contribution in [0, 0.1) is 0 Å². The Hall–Kier alpha value is 1.34. The summed E-state index contributed by atoms with van der Waals surface area (Å²) in [6, 6.07) is 0. The topological polar surface area (TPSA) is 0 Å². The van der Waals surface area contributed by atoms with E-state index in [9.17, 15) is 0 Å². The summed E-state index contributed by atoms with van der Waals surface area (Å²) in [4.78, 5) is 0. The fourth-order valence-electron chi connectivity index (χ4n) is 4.77. The molecule has 1 atom stereocenters. The minimum atomic E-state index is -1.55. The monoisotopic (exact) mass is 512 g/mol. The molecule has 29 heavy (non-hydrogen) atoms. The van der Waals surface area contributed by atoms with Gasteiger partial charge in [0.05, 0.1) is 0 Å². The van der Waals surface area contributed by atoms with Crippen molar-refractivity contribution in [3.63, 3.8) is 0 Å². The molecule has 0 saturated heterocycles. The summed E-state index contributed by atoms with van der Waals surface area (Å²) in [5, 5.41) is 0. The molecular formula is C26H59BrP2. The molecule has 3 heteroatoms. The van der Waals surface area contributed by atoms with Crippen molar-refractivity contribution in [1.29, 1.82) is 0 Å². The van der Waals surface area contributed by atoms with Gasteiger partial charge in [-0.2, -0.15) is 0 Å². The molecule has 0 spiro atoms. The summed E-state index contributed by atoms with van der Waals surface area (Å²) in [6.07, 6.45) is 30.9. The molecule has 0 saturated carbocycles. The molecule has 0 aliphatic heterocycles. The molecule has 0 N–H and O–H groups in total. The summed E-state index contributed by atoms with van der Waals surface area (Å²) in [5.41, 5.74) is 0.